The Balaban J connectivity index is 0.000000383. The highest BCUT2D eigenvalue weighted by Gasteiger charge is 2.29. The van der Waals surface area contributed by atoms with Crippen molar-refractivity contribution in [2.24, 2.45) is 11.7 Å². The van der Waals surface area contributed by atoms with Gasteiger partial charge in [-0.1, -0.05) is 92.7 Å². The van der Waals surface area contributed by atoms with E-state index >= 15 is 0 Å². The van der Waals surface area contributed by atoms with Crippen molar-refractivity contribution in [1.29, 1.82) is 0 Å². The van der Waals surface area contributed by atoms with Crippen molar-refractivity contribution in [3.8, 4) is 11.1 Å². The summed E-state index contributed by atoms with van der Waals surface area (Å²) < 4.78 is 5.44. The first-order chi connectivity index (χ1) is 18.2. The molecule has 3 aromatic rings. The van der Waals surface area contributed by atoms with Gasteiger partial charge in [-0.2, -0.15) is 0 Å². The maximum absolute atomic E-state index is 12.3. The van der Waals surface area contributed by atoms with Gasteiger partial charge < -0.3 is 26.0 Å². The van der Waals surface area contributed by atoms with Crippen molar-refractivity contribution in [1.82, 2.24) is 5.32 Å². The molecule has 5 N–H and O–H groups in total. The summed E-state index contributed by atoms with van der Waals surface area (Å²) in [6, 6.07) is 23.6. The zero-order valence-corrected chi connectivity index (χ0v) is 21.5. The number of nitrogens with two attached hydrogens (primary N) is 1. The molecule has 8 heteroatoms. The number of nitrogens with one attached hydrogen (secondary N) is 1. The number of hydrogen-bond donors (Lipinski definition) is 4. The minimum absolute atomic E-state index is 0.0643. The Morgan fingerprint density at radius 1 is 0.842 bits per heavy atom. The van der Waals surface area contributed by atoms with E-state index in [9.17, 15) is 19.5 Å². The molecular weight excluding hydrogens is 484 g/mol. The average molecular weight is 519 g/mol. The molecule has 0 aliphatic heterocycles. The number of amides is 1. The Morgan fingerprint density at radius 3 is 1.84 bits per heavy atom. The van der Waals surface area contributed by atoms with Gasteiger partial charge in [0.15, 0.2) is 0 Å². The summed E-state index contributed by atoms with van der Waals surface area (Å²) in [5.41, 5.74) is 10.6. The summed E-state index contributed by atoms with van der Waals surface area (Å²) in [5.74, 6) is -1.72. The van der Waals surface area contributed by atoms with Crippen LogP contribution in [0.25, 0.3) is 11.1 Å². The summed E-state index contributed by atoms with van der Waals surface area (Å²) in [5, 5.41) is 20.2. The third-order valence-corrected chi connectivity index (χ3v) is 6.26. The molecule has 4 rings (SSSR count). The lowest BCUT2D eigenvalue weighted by Gasteiger charge is -2.17. The summed E-state index contributed by atoms with van der Waals surface area (Å²) >= 11 is 0. The number of aliphatic carboxylic acids is 2. The fraction of sp³-hybridized carbons (Fsp3) is 0.300. The molecule has 8 nitrogen and oxygen atoms in total. The lowest BCUT2D eigenvalue weighted by molar-refractivity contribution is -0.140. The number of benzene rings is 3. The normalized spacial score (nSPS) is 13.4. The zero-order valence-electron chi connectivity index (χ0n) is 21.5. The third-order valence-electron chi connectivity index (χ3n) is 6.26. The number of fused-ring (bicyclic) bond motifs is 3. The molecule has 200 valence electrons. The predicted molar refractivity (Wildman–Crippen MR) is 145 cm³/mol. The van der Waals surface area contributed by atoms with Crippen molar-refractivity contribution < 1.29 is 29.3 Å². The number of carbonyl (C=O) groups excluding carboxylic acids is 1. The molecule has 0 saturated carbocycles. The topological polar surface area (TPSA) is 139 Å². The summed E-state index contributed by atoms with van der Waals surface area (Å²) in [7, 11) is 0. The monoisotopic (exact) mass is 518 g/mol. The first-order valence-corrected chi connectivity index (χ1v) is 12.5. The quantitative estimate of drug-likeness (QED) is 0.323. The van der Waals surface area contributed by atoms with Crippen LogP contribution in [0.15, 0.2) is 78.9 Å². The number of carboxylic acids is 2. The Labute approximate surface area is 222 Å². The minimum atomic E-state index is -1.10. The van der Waals surface area contributed by atoms with E-state index in [1.54, 1.807) is 0 Å². The average Bonchev–Trinajstić information content (AvgIpc) is 3.21. The number of hydrogen-bond acceptors (Lipinski definition) is 5. The Bertz CT molecular complexity index is 1200. The van der Waals surface area contributed by atoms with Gasteiger partial charge in [0.1, 0.15) is 18.7 Å². The van der Waals surface area contributed by atoms with Crippen molar-refractivity contribution in [3.63, 3.8) is 0 Å². The highest BCUT2D eigenvalue weighted by atomic mass is 16.5. The van der Waals surface area contributed by atoms with Gasteiger partial charge in [0.2, 0.25) is 0 Å². The van der Waals surface area contributed by atoms with Crippen LogP contribution in [-0.4, -0.2) is 46.9 Å². The Hall–Kier alpha value is -4.17. The number of alkyl carbamates (subject to hydrolysis) is 1. The van der Waals surface area contributed by atoms with Crippen LogP contribution in [0.4, 0.5) is 4.79 Å². The standard InChI is InChI=1S/C24H21NO4.C6H13NO2/c26-23(27)22(14-16-8-2-1-3-9-16)25-24(28)29-15-21-19-12-6-4-10-17(19)18-11-5-7-13-20(18)21;1-4(2)3-5(7)6(8)9/h1-13,21-22H,14-15H2,(H,25,28)(H,26,27);4-5H,3,7H2,1-2H3,(H,8,9)/t22-;5-/m00/s1. The summed E-state index contributed by atoms with van der Waals surface area (Å²) in [6.45, 7) is 4.04. The molecule has 0 heterocycles. The second kappa shape index (κ2) is 13.4. The van der Waals surface area contributed by atoms with Gasteiger partial charge in [-0.05, 0) is 40.2 Å². The van der Waals surface area contributed by atoms with E-state index in [2.05, 4.69) is 17.4 Å². The van der Waals surface area contributed by atoms with E-state index in [0.29, 0.717) is 12.3 Å². The number of ether oxygens (including phenoxy) is 1. The van der Waals surface area contributed by atoms with Gasteiger partial charge in [0, 0.05) is 12.3 Å². The van der Waals surface area contributed by atoms with Crippen LogP contribution >= 0.6 is 0 Å². The number of carbonyl (C=O) groups is 3. The van der Waals surface area contributed by atoms with Crippen molar-refractivity contribution in [2.45, 2.75) is 44.7 Å². The Morgan fingerprint density at radius 2 is 1.37 bits per heavy atom. The summed E-state index contributed by atoms with van der Waals surface area (Å²) in [6.07, 6.45) is 0.0191. The number of carboxylic acid groups (broad SMARTS) is 2. The third kappa shape index (κ3) is 7.66. The zero-order chi connectivity index (χ0) is 27.7. The molecule has 0 aromatic heterocycles. The molecule has 0 bridgehead atoms. The first-order valence-electron chi connectivity index (χ1n) is 12.5. The van der Waals surface area contributed by atoms with Crippen molar-refractivity contribution in [2.75, 3.05) is 6.61 Å². The minimum Gasteiger partial charge on any atom is -0.480 e. The molecule has 0 radical (unpaired) electrons. The molecule has 1 aliphatic rings. The van der Waals surface area contributed by atoms with Gasteiger partial charge >= 0.3 is 18.0 Å². The van der Waals surface area contributed by atoms with E-state index < -0.39 is 30.1 Å². The fourth-order valence-corrected chi connectivity index (χ4v) is 4.44. The molecule has 0 unspecified atom stereocenters. The Kier molecular flexibility index (Phi) is 10.0. The van der Waals surface area contributed by atoms with Crippen molar-refractivity contribution >= 4 is 18.0 Å². The van der Waals surface area contributed by atoms with Gasteiger partial charge in [-0.15, -0.1) is 0 Å². The highest BCUT2D eigenvalue weighted by Crippen LogP contribution is 2.44. The maximum Gasteiger partial charge on any atom is 0.407 e. The summed E-state index contributed by atoms with van der Waals surface area (Å²) in [4.78, 5) is 34.0. The van der Waals surface area contributed by atoms with E-state index in [1.807, 2.05) is 80.6 Å². The lowest BCUT2D eigenvalue weighted by Crippen LogP contribution is -2.42. The second-order valence-corrected chi connectivity index (χ2v) is 9.62. The SMILES string of the molecule is CC(C)C[C@H](N)C(=O)O.O=C(N[C@@H](Cc1ccccc1)C(=O)O)OCC1c2ccccc2-c2ccccc21. The molecular formula is C30H34N2O6. The van der Waals surface area contributed by atoms with E-state index in [-0.39, 0.29) is 18.9 Å². The largest absolute Gasteiger partial charge is 0.480 e. The molecule has 38 heavy (non-hydrogen) atoms. The van der Waals surface area contributed by atoms with Crippen LogP contribution in [0.2, 0.25) is 0 Å². The van der Waals surface area contributed by atoms with E-state index in [1.165, 1.54) is 0 Å². The highest BCUT2D eigenvalue weighted by molar-refractivity contribution is 5.81. The lowest BCUT2D eigenvalue weighted by atomic mass is 9.98. The molecule has 0 saturated heterocycles. The van der Waals surface area contributed by atoms with Crippen LogP contribution < -0.4 is 11.1 Å². The van der Waals surface area contributed by atoms with Crippen LogP contribution in [0, 0.1) is 5.92 Å². The predicted octanol–water partition coefficient (Wildman–Crippen LogP) is 4.67. The molecule has 1 amide bonds. The smallest absolute Gasteiger partial charge is 0.407 e. The van der Waals surface area contributed by atoms with Crippen LogP contribution in [0.5, 0.6) is 0 Å². The molecule has 0 spiro atoms. The van der Waals surface area contributed by atoms with E-state index in [0.717, 1.165) is 27.8 Å². The first kappa shape index (κ1) is 28.4. The van der Waals surface area contributed by atoms with Crippen LogP contribution in [0.1, 0.15) is 42.9 Å². The second-order valence-electron chi connectivity index (χ2n) is 9.62. The van der Waals surface area contributed by atoms with Crippen LogP contribution in [-0.2, 0) is 20.7 Å². The molecule has 1 aliphatic carbocycles. The molecule has 3 aromatic carbocycles. The van der Waals surface area contributed by atoms with Crippen LogP contribution in [0.3, 0.4) is 0 Å². The van der Waals surface area contributed by atoms with Gasteiger partial charge in [-0.25, -0.2) is 9.59 Å². The maximum atomic E-state index is 12.3. The molecule has 2 atom stereocenters. The fourth-order valence-electron chi connectivity index (χ4n) is 4.44. The molecule has 0 fully saturated rings. The van der Waals surface area contributed by atoms with Crippen molar-refractivity contribution in [3.05, 3.63) is 95.6 Å². The van der Waals surface area contributed by atoms with Gasteiger partial charge in [-0.3, -0.25) is 4.79 Å². The van der Waals surface area contributed by atoms with Gasteiger partial charge in [0.05, 0.1) is 0 Å². The number of rotatable bonds is 9. The van der Waals surface area contributed by atoms with E-state index in [4.69, 9.17) is 15.6 Å². The van der Waals surface area contributed by atoms with Gasteiger partial charge in [0.25, 0.3) is 0 Å².